The molecule has 0 saturated heterocycles. The number of nitrogens with zero attached hydrogens (tertiary/aromatic N) is 2. The molecule has 0 bridgehead atoms. The molecule has 3 N–H and O–H groups in total. The number of aryl methyl sites for hydroxylation is 2. The molecule has 1 amide bonds. The predicted molar refractivity (Wildman–Crippen MR) is 117 cm³/mol. The van der Waals surface area contributed by atoms with E-state index in [0.717, 1.165) is 16.8 Å². The van der Waals surface area contributed by atoms with Gasteiger partial charge in [-0.2, -0.15) is 0 Å². The summed E-state index contributed by atoms with van der Waals surface area (Å²) in [4.78, 5) is 21.9. The van der Waals surface area contributed by atoms with Crippen molar-refractivity contribution < 1.29 is 14.4 Å². The van der Waals surface area contributed by atoms with E-state index in [1.54, 1.807) is 19.1 Å². The van der Waals surface area contributed by atoms with E-state index in [2.05, 4.69) is 15.5 Å². The molecule has 3 rings (SSSR count). The van der Waals surface area contributed by atoms with Crippen LogP contribution in [0.15, 0.2) is 72.0 Å². The number of oxime groups is 1. The van der Waals surface area contributed by atoms with E-state index in [-0.39, 0.29) is 11.7 Å². The Kier molecular flexibility index (Phi) is 6.64. The number of hydrogen-bond acceptors (Lipinski definition) is 5. The quantitative estimate of drug-likeness (QED) is 0.350. The number of benzene rings is 2. The molecule has 154 valence electrons. The number of anilines is 1. The average molecular weight is 404 g/mol. The third-order valence-corrected chi connectivity index (χ3v) is 4.41. The van der Waals surface area contributed by atoms with E-state index in [0.29, 0.717) is 17.2 Å². The Morgan fingerprint density at radius 3 is 2.37 bits per heavy atom. The van der Waals surface area contributed by atoms with Gasteiger partial charge in [0.05, 0.1) is 0 Å². The smallest absolute Gasteiger partial charge is 0.268 e. The van der Waals surface area contributed by atoms with Crippen molar-refractivity contribution in [1.29, 1.82) is 0 Å². The molecule has 0 aliphatic rings. The number of rotatable bonds is 7. The first-order chi connectivity index (χ1) is 14.4. The molecule has 0 saturated carbocycles. The second kappa shape index (κ2) is 9.56. The summed E-state index contributed by atoms with van der Waals surface area (Å²) < 4.78 is 5.64. The number of carbonyl (C=O) groups excluding carboxylic acids is 1. The summed E-state index contributed by atoms with van der Waals surface area (Å²) >= 11 is 0. The van der Waals surface area contributed by atoms with Crippen molar-refractivity contribution in [2.24, 2.45) is 10.9 Å². The van der Waals surface area contributed by atoms with Crippen molar-refractivity contribution in [3.8, 4) is 11.6 Å². The molecule has 2 aromatic carbocycles. The molecule has 1 atom stereocenters. The number of nitrogens with two attached hydrogens (primary N) is 1. The zero-order valence-electron chi connectivity index (χ0n) is 17.1. The van der Waals surface area contributed by atoms with E-state index >= 15 is 0 Å². The van der Waals surface area contributed by atoms with Crippen LogP contribution in [0.5, 0.6) is 11.6 Å². The van der Waals surface area contributed by atoms with Gasteiger partial charge in [0.1, 0.15) is 5.75 Å². The van der Waals surface area contributed by atoms with Gasteiger partial charge in [0.25, 0.3) is 5.91 Å². The van der Waals surface area contributed by atoms with Crippen LogP contribution in [0.2, 0.25) is 0 Å². The monoisotopic (exact) mass is 404 g/mol. The van der Waals surface area contributed by atoms with Crippen molar-refractivity contribution in [1.82, 2.24) is 4.98 Å². The summed E-state index contributed by atoms with van der Waals surface area (Å²) in [6.07, 6.45) is 0.707. The Bertz CT molecular complexity index is 1010. The second-order valence-electron chi connectivity index (χ2n) is 6.78. The maximum absolute atomic E-state index is 12.4. The van der Waals surface area contributed by atoms with Gasteiger partial charge in [-0.3, -0.25) is 4.79 Å². The predicted octanol–water partition coefficient (Wildman–Crippen LogP) is 4.15. The lowest BCUT2D eigenvalue weighted by molar-refractivity contribution is -0.126. The number of carbonyl (C=O) groups is 1. The summed E-state index contributed by atoms with van der Waals surface area (Å²) in [7, 11) is 0. The van der Waals surface area contributed by atoms with Crippen molar-refractivity contribution >= 4 is 17.4 Å². The van der Waals surface area contributed by atoms with Crippen LogP contribution < -0.4 is 15.8 Å². The summed E-state index contributed by atoms with van der Waals surface area (Å²) in [5.74, 6) is 0.917. The number of aromatic nitrogens is 1. The molecular weight excluding hydrogens is 380 g/mol. The molecule has 3 aromatic rings. The molecule has 7 heteroatoms. The average Bonchev–Trinajstić information content (AvgIpc) is 2.75. The normalized spacial score (nSPS) is 12.2. The number of amidine groups is 1. The van der Waals surface area contributed by atoms with Crippen LogP contribution in [0, 0.1) is 13.8 Å². The van der Waals surface area contributed by atoms with Gasteiger partial charge in [-0.25, -0.2) is 4.98 Å². The van der Waals surface area contributed by atoms with Gasteiger partial charge in [-0.15, -0.1) is 0 Å². The van der Waals surface area contributed by atoms with E-state index in [1.807, 2.05) is 62.4 Å². The molecule has 0 radical (unpaired) electrons. The van der Waals surface area contributed by atoms with Gasteiger partial charge >= 0.3 is 0 Å². The molecule has 0 fully saturated rings. The number of para-hydroxylation sites is 2. The minimum absolute atomic E-state index is 0.112. The Labute approximate surface area is 175 Å². The van der Waals surface area contributed by atoms with Gasteiger partial charge < -0.3 is 20.6 Å². The maximum atomic E-state index is 12.4. The van der Waals surface area contributed by atoms with E-state index < -0.39 is 6.10 Å². The fourth-order valence-electron chi connectivity index (χ4n) is 2.67. The number of ether oxygens (including phenoxy) is 1. The van der Waals surface area contributed by atoms with E-state index in [9.17, 15) is 4.79 Å². The van der Waals surface area contributed by atoms with Crippen LogP contribution >= 0.6 is 0 Å². The largest absolute Gasteiger partial charge is 0.439 e. The Morgan fingerprint density at radius 2 is 1.73 bits per heavy atom. The Balaban J connectivity index is 1.59. The lowest BCUT2D eigenvalue weighted by atomic mass is 10.1. The van der Waals surface area contributed by atoms with Crippen LogP contribution in [0.4, 0.5) is 5.69 Å². The van der Waals surface area contributed by atoms with Crippen LogP contribution in [0.25, 0.3) is 0 Å². The maximum Gasteiger partial charge on any atom is 0.268 e. The SMILES string of the molecule is Cc1cccc(C)c1NC(=O)C(C)O/N=C(/N)c1ccc(Oc2ccccc2)nc1. The molecule has 0 aliphatic heterocycles. The molecule has 30 heavy (non-hydrogen) atoms. The molecule has 7 nitrogen and oxygen atoms in total. The van der Waals surface area contributed by atoms with Crippen LogP contribution in [0.1, 0.15) is 23.6 Å². The van der Waals surface area contributed by atoms with E-state index in [4.69, 9.17) is 15.3 Å². The highest BCUT2D eigenvalue weighted by Crippen LogP contribution is 2.20. The first kappa shape index (κ1) is 20.9. The summed E-state index contributed by atoms with van der Waals surface area (Å²) in [5.41, 5.74) is 9.23. The number of pyridine rings is 1. The van der Waals surface area contributed by atoms with Gasteiger partial charge in [-0.1, -0.05) is 41.6 Å². The highest BCUT2D eigenvalue weighted by molar-refractivity contribution is 5.97. The molecule has 1 heterocycles. The first-order valence-electron chi connectivity index (χ1n) is 9.49. The van der Waals surface area contributed by atoms with Crippen molar-refractivity contribution in [2.45, 2.75) is 26.9 Å². The van der Waals surface area contributed by atoms with Crippen LogP contribution in [-0.4, -0.2) is 22.8 Å². The number of nitrogens with one attached hydrogen (secondary N) is 1. The summed E-state index contributed by atoms with van der Waals surface area (Å²) in [6, 6.07) is 18.5. The number of amides is 1. The zero-order valence-corrected chi connectivity index (χ0v) is 17.1. The molecular formula is C23H24N4O3. The van der Waals surface area contributed by atoms with Crippen LogP contribution in [0.3, 0.4) is 0 Å². The van der Waals surface area contributed by atoms with Gasteiger partial charge in [-0.05, 0) is 50.1 Å². The lowest BCUT2D eigenvalue weighted by Gasteiger charge is -2.14. The Morgan fingerprint density at radius 1 is 1.03 bits per heavy atom. The fourth-order valence-corrected chi connectivity index (χ4v) is 2.67. The molecule has 0 aliphatic carbocycles. The fraction of sp³-hybridized carbons (Fsp3) is 0.174. The van der Waals surface area contributed by atoms with E-state index in [1.165, 1.54) is 6.20 Å². The van der Waals surface area contributed by atoms with Crippen molar-refractivity contribution in [3.63, 3.8) is 0 Å². The molecule has 1 aromatic heterocycles. The minimum Gasteiger partial charge on any atom is -0.439 e. The number of hydrogen-bond donors (Lipinski definition) is 2. The van der Waals surface area contributed by atoms with Crippen molar-refractivity contribution in [2.75, 3.05) is 5.32 Å². The standard InChI is InChI=1S/C23H24N4O3/c1-15-8-7-9-16(2)21(15)26-23(28)17(3)30-27-22(24)18-12-13-20(25-14-18)29-19-10-5-4-6-11-19/h4-14,17H,1-3H3,(H2,24,27)(H,26,28). The third-order valence-electron chi connectivity index (χ3n) is 4.41. The molecule has 1 unspecified atom stereocenters. The lowest BCUT2D eigenvalue weighted by Crippen LogP contribution is -2.28. The van der Waals surface area contributed by atoms with Crippen molar-refractivity contribution in [3.05, 3.63) is 83.6 Å². The minimum atomic E-state index is -0.823. The van der Waals surface area contributed by atoms with Gasteiger partial charge in [0.15, 0.2) is 5.84 Å². The third kappa shape index (κ3) is 5.35. The highest BCUT2D eigenvalue weighted by atomic mass is 16.6. The topological polar surface area (TPSA) is 98.8 Å². The first-order valence-corrected chi connectivity index (χ1v) is 9.49. The summed E-state index contributed by atoms with van der Waals surface area (Å²) in [6.45, 7) is 5.47. The van der Waals surface area contributed by atoms with Crippen LogP contribution in [-0.2, 0) is 9.63 Å². The van der Waals surface area contributed by atoms with Gasteiger partial charge in [0, 0.05) is 23.5 Å². The zero-order chi connectivity index (χ0) is 21.5. The second-order valence-corrected chi connectivity index (χ2v) is 6.78. The van der Waals surface area contributed by atoms with Gasteiger partial charge in [0.2, 0.25) is 12.0 Å². The molecule has 0 spiro atoms. The highest BCUT2D eigenvalue weighted by Gasteiger charge is 2.16. The Hall–Kier alpha value is -3.87. The summed E-state index contributed by atoms with van der Waals surface area (Å²) in [5, 5.41) is 6.74.